The minimum absolute atomic E-state index is 0.324. The van der Waals surface area contributed by atoms with Crippen LogP contribution in [-0.4, -0.2) is 26.8 Å². The molecule has 0 amide bonds. The molecule has 3 nitrogen and oxygen atoms in total. The summed E-state index contributed by atoms with van der Waals surface area (Å²) in [5.74, 6) is 0. The van der Waals surface area contributed by atoms with E-state index in [2.05, 4.69) is 40.9 Å². The maximum Gasteiger partial charge on any atom is 0.0663 e. The number of ether oxygens (including phenoxy) is 1. The van der Waals surface area contributed by atoms with E-state index in [0.29, 0.717) is 19.2 Å². The number of hydrogen-bond donors (Lipinski definition) is 1. The van der Waals surface area contributed by atoms with Crippen molar-refractivity contribution in [2.75, 3.05) is 25.7 Å². The number of benzene rings is 1. The summed E-state index contributed by atoms with van der Waals surface area (Å²) < 4.78 is 6.22. The van der Waals surface area contributed by atoms with Gasteiger partial charge in [-0.1, -0.05) is 22.0 Å². The number of nitrogens with two attached hydrogens (primary N) is 1. The summed E-state index contributed by atoms with van der Waals surface area (Å²) in [6, 6.07) is 6.44. The van der Waals surface area contributed by atoms with Crippen LogP contribution in [0.2, 0.25) is 0 Å². The summed E-state index contributed by atoms with van der Waals surface area (Å²) in [5, 5.41) is 0. The molecule has 0 fully saturated rings. The Morgan fingerprint density at radius 2 is 2.19 bits per heavy atom. The molecule has 1 atom stereocenters. The fourth-order valence-corrected chi connectivity index (χ4v) is 2.19. The van der Waals surface area contributed by atoms with Crippen molar-refractivity contribution in [2.45, 2.75) is 19.5 Å². The number of likely N-dealkylation sites (N-methyl/N-ethyl adjacent to an activating group) is 1. The zero-order valence-electron chi connectivity index (χ0n) is 10.0. The number of hydrogen-bond acceptors (Lipinski definition) is 3. The van der Waals surface area contributed by atoms with Crippen LogP contribution in [0.1, 0.15) is 12.5 Å². The second-order valence-corrected chi connectivity index (χ2v) is 4.71. The van der Waals surface area contributed by atoms with Crippen LogP contribution in [-0.2, 0) is 11.3 Å². The summed E-state index contributed by atoms with van der Waals surface area (Å²) in [6.45, 7) is 3.36. The molecule has 0 aliphatic rings. The Morgan fingerprint density at radius 3 is 2.75 bits per heavy atom. The van der Waals surface area contributed by atoms with Gasteiger partial charge in [0.15, 0.2) is 0 Å². The van der Waals surface area contributed by atoms with E-state index in [4.69, 9.17) is 10.5 Å². The van der Waals surface area contributed by atoms with E-state index in [9.17, 15) is 0 Å². The standard InChI is InChI=1S/C12H19BrN2O/c1-9(8-16-3)15(2)12-6-4-5-11(13)10(12)7-14/h4-6,9H,7-8,14H2,1-3H3. The Labute approximate surface area is 106 Å². The van der Waals surface area contributed by atoms with E-state index in [0.717, 1.165) is 15.7 Å². The lowest BCUT2D eigenvalue weighted by Crippen LogP contribution is -2.33. The first kappa shape index (κ1) is 13.5. The molecule has 1 unspecified atom stereocenters. The minimum Gasteiger partial charge on any atom is -0.383 e. The molecule has 0 bridgehead atoms. The third-order valence-corrected chi connectivity index (χ3v) is 3.49. The zero-order chi connectivity index (χ0) is 12.1. The lowest BCUT2D eigenvalue weighted by Gasteiger charge is -2.28. The van der Waals surface area contributed by atoms with Crippen molar-refractivity contribution in [3.63, 3.8) is 0 Å². The van der Waals surface area contributed by atoms with E-state index < -0.39 is 0 Å². The Kier molecular flexibility index (Phi) is 5.25. The Morgan fingerprint density at radius 1 is 1.50 bits per heavy atom. The molecule has 0 aliphatic heterocycles. The highest BCUT2D eigenvalue weighted by atomic mass is 79.9. The van der Waals surface area contributed by atoms with Gasteiger partial charge in [0.05, 0.1) is 6.61 Å². The second-order valence-electron chi connectivity index (χ2n) is 3.86. The first-order valence-corrected chi connectivity index (χ1v) is 6.10. The topological polar surface area (TPSA) is 38.5 Å². The molecule has 0 heterocycles. The Bertz CT molecular complexity index is 344. The van der Waals surface area contributed by atoms with Crippen molar-refractivity contribution in [3.8, 4) is 0 Å². The summed E-state index contributed by atoms with van der Waals surface area (Å²) in [7, 11) is 3.78. The summed E-state index contributed by atoms with van der Waals surface area (Å²) in [4.78, 5) is 2.19. The highest BCUT2D eigenvalue weighted by Crippen LogP contribution is 2.27. The van der Waals surface area contributed by atoms with E-state index in [1.807, 2.05) is 12.1 Å². The van der Waals surface area contributed by atoms with Gasteiger partial charge in [-0.25, -0.2) is 0 Å². The fourth-order valence-electron chi connectivity index (χ4n) is 1.67. The lowest BCUT2D eigenvalue weighted by atomic mass is 10.1. The molecule has 0 saturated heterocycles. The van der Waals surface area contributed by atoms with Crippen LogP contribution in [0.4, 0.5) is 5.69 Å². The van der Waals surface area contributed by atoms with Crippen LogP contribution in [0.15, 0.2) is 22.7 Å². The average Bonchev–Trinajstić information content (AvgIpc) is 2.28. The molecule has 1 aromatic rings. The quantitative estimate of drug-likeness (QED) is 0.903. The maximum absolute atomic E-state index is 5.78. The van der Waals surface area contributed by atoms with Crippen molar-refractivity contribution in [3.05, 3.63) is 28.2 Å². The molecule has 0 radical (unpaired) electrons. The van der Waals surface area contributed by atoms with Gasteiger partial charge >= 0.3 is 0 Å². The van der Waals surface area contributed by atoms with Crippen LogP contribution in [0.3, 0.4) is 0 Å². The highest BCUT2D eigenvalue weighted by Gasteiger charge is 2.14. The van der Waals surface area contributed by atoms with Crippen LogP contribution < -0.4 is 10.6 Å². The fraction of sp³-hybridized carbons (Fsp3) is 0.500. The summed E-state index contributed by atoms with van der Waals surface area (Å²) >= 11 is 3.53. The molecule has 0 saturated carbocycles. The van der Waals surface area contributed by atoms with E-state index in [-0.39, 0.29) is 0 Å². The smallest absolute Gasteiger partial charge is 0.0663 e. The number of rotatable bonds is 5. The maximum atomic E-state index is 5.78. The third-order valence-electron chi connectivity index (χ3n) is 2.75. The van der Waals surface area contributed by atoms with Gasteiger partial charge < -0.3 is 15.4 Å². The van der Waals surface area contributed by atoms with Crippen molar-refractivity contribution < 1.29 is 4.74 Å². The van der Waals surface area contributed by atoms with Crippen LogP contribution in [0.25, 0.3) is 0 Å². The summed E-state index contributed by atoms with van der Waals surface area (Å²) in [5.41, 5.74) is 8.06. The molecule has 1 aromatic carbocycles. The van der Waals surface area contributed by atoms with E-state index in [1.165, 1.54) is 0 Å². The largest absolute Gasteiger partial charge is 0.383 e. The van der Waals surface area contributed by atoms with Gasteiger partial charge in [-0.05, 0) is 19.1 Å². The molecule has 0 aliphatic carbocycles. The van der Waals surface area contributed by atoms with Gasteiger partial charge in [-0.15, -0.1) is 0 Å². The number of anilines is 1. The SMILES string of the molecule is COCC(C)N(C)c1cccc(Br)c1CN. The number of halogens is 1. The predicted molar refractivity (Wildman–Crippen MR) is 71.8 cm³/mol. The van der Waals surface area contributed by atoms with Gasteiger partial charge in [0.2, 0.25) is 0 Å². The van der Waals surface area contributed by atoms with Crippen LogP contribution in [0.5, 0.6) is 0 Å². The van der Waals surface area contributed by atoms with Crippen molar-refractivity contribution in [1.82, 2.24) is 0 Å². The molecular weight excluding hydrogens is 268 g/mol. The first-order chi connectivity index (χ1) is 7.61. The molecule has 16 heavy (non-hydrogen) atoms. The monoisotopic (exact) mass is 286 g/mol. The van der Waals surface area contributed by atoms with Gasteiger partial charge in [0.25, 0.3) is 0 Å². The van der Waals surface area contributed by atoms with Crippen molar-refractivity contribution in [1.29, 1.82) is 0 Å². The number of nitrogens with zero attached hydrogens (tertiary/aromatic N) is 1. The average molecular weight is 287 g/mol. The lowest BCUT2D eigenvalue weighted by molar-refractivity contribution is 0.183. The Balaban J connectivity index is 2.98. The van der Waals surface area contributed by atoms with Crippen LogP contribution >= 0.6 is 15.9 Å². The molecule has 4 heteroatoms. The number of methoxy groups -OCH3 is 1. The summed E-state index contributed by atoms with van der Waals surface area (Å²) in [6.07, 6.45) is 0. The van der Waals surface area contributed by atoms with E-state index in [1.54, 1.807) is 7.11 Å². The normalized spacial score (nSPS) is 12.6. The first-order valence-electron chi connectivity index (χ1n) is 5.31. The predicted octanol–water partition coefficient (Wildman–Crippen LogP) is 2.38. The van der Waals surface area contributed by atoms with Gasteiger partial charge in [-0.2, -0.15) is 0 Å². The van der Waals surface area contributed by atoms with Crippen LogP contribution in [0, 0.1) is 0 Å². The molecule has 1 rings (SSSR count). The third kappa shape index (κ3) is 2.97. The van der Waals surface area contributed by atoms with Crippen molar-refractivity contribution in [2.24, 2.45) is 5.73 Å². The van der Waals surface area contributed by atoms with Gasteiger partial charge in [0.1, 0.15) is 0 Å². The highest BCUT2D eigenvalue weighted by molar-refractivity contribution is 9.10. The second kappa shape index (κ2) is 6.23. The molecule has 90 valence electrons. The molecule has 0 spiro atoms. The zero-order valence-corrected chi connectivity index (χ0v) is 11.6. The van der Waals surface area contributed by atoms with Gasteiger partial charge in [-0.3, -0.25) is 0 Å². The Hall–Kier alpha value is -0.580. The van der Waals surface area contributed by atoms with Crippen molar-refractivity contribution >= 4 is 21.6 Å². The molecule has 2 N–H and O–H groups in total. The molecule has 0 aromatic heterocycles. The molecular formula is C12H19BrN2O. The minimum atomic E-state index is 0.324. The van der Waals surface area contributed by atoms with Gasteiger partial charge in [0, 0.05) is 42.5 Å². The van der Waals surface area contributed by atoms with E-state index >= 15 is 0 Å².